The normalized spacial score (nSPS) is 10.4. The summed E-state index contributed by atoms with van der Waals surface area (Å²) in [5.41, 5.74) is 0. The summed E-state index contributed by atoms with van der Waals surface area (Å²) in [5, 5.41) is 0. The number of aromatic nitrogens is 2. The van der Waals surface area contributed by atoms with Crippen molar-refractivity contribution in [3.8, 4) is 0 Å². The summed E-state index contributed by atoms with van der Waals surface area (Å²) in [6, 6.07) is 3.36. The van der Waals surface area contributed by atoms with E-state index in [0.29, 0.717) is 5.76 Å². The minimum atomic E-state index is -0.0453. The molecule has 4 heteroatoms. The van der Waals surface area contributed by atoms with Crippen molar-refractivity contribution in [1.82, 2.24) is 9.55 Å². The monoisotopic (exact) mass is 190 g/mol. The summed E-state index contributed by atoms with van der Waals surface area (Å²) in [6.07, 6.45) is 4.94. The molecule has 0 aliphatic heterocycles. The van der Waals surface area contributed by atoms with Gasteiger partial charge in [-0.25, -0.2) is 4.98 Å². The van der Waals surface area contributed by atoms with Crippen LogP contribution in [0.1, 0.15) is 16.4 Å². The molecule has 0 saturated heterocycles. The van der Waals surface area contributed by atoms with Crippen LogP contribution in [0.2, 0.25) is 0 Å². The van der Waals surface area contributed by atoms with Crippen LogP contribution in [-0.4, -0.2) is 15.3 Å². The van der Waals surface area contributed by atoms with Crippen molar-refractivity contribution >= 4 is 5.78 Å². The Bertz CT molecular complexity index is 429. The van der Waals surface area contributed by atoms with Crippen LogP contribution in [0.3, 0.4) is 0 Å². The Labute approximate surface area is 81.2 Å². The smallest absolute Gasteiger partial charge is 0.217 e. The highest BCUT2D eigenvalue weighted by Crippen LogP contribution is 2.04. The third-order valence-corrected chi connectivity index (χ3v) is 2.03. The lowest BCUT2D eigenvalue weighted by Gasteiger charge is -2.01. The van der Waals surface area contributed by atoms with E-state index >= 15 is 0 Å². The second-order valence-electron chi connectivity index (χ2n) is 3.00. The summed E-state index contributed by atoms with van der Waals surface area (Å²) in [4.78, 5) is 15.6. The number of Topliss-reactive ketones (excluding diaryl/α,β-unsaturated/α-hetero) is 1. The van der Waals surface area contributed by atoms with Crippen molar-refractivity contribution in [3.63, 3.8) is 0 Å². The zero-order chi connectivity index (χ0) is 9.97. The van der Waals surface area contributed by atoms with Gasteiger partial charge < -0.3 is 8.98 Å². The molecule has 2 aromatic heterocycles. The highest BCUT2D eigenvalue weighted by atomic mass is 16.3. The first kappa shape index (κ1) is 8.74. The van der Waals surface area contributed by atoms with Gasteiger partial charge in [-0.15, -0.1) is 0 Å². The summed E-state index contributed by atoms with van der Waals surface area (Å²) >= 11 is 0. The van der Waals surface area contributed by atoms with E-state index in [4.69, 9.17) is 4.42 Å². The van der Waals surface area contributed by atoms with Crippen LogP contribution in [0, 0.1) is 6.92 Å². The van der Waals surface area contributed by atoms with Crippen molar-refractivity contribution < 1.29 is 9.21 Å². The Morgan fingerprint density at radius 3 is 3.07 bits per heavy atom. The van der Waals surface area contributed by atoms with E-state index < -0.39 is 0 Å². The number of ketones is 1. The predicted octanol–water partition coefficient (Wildman–Crippen LogP) is 1.67. The minimum Gasteiger partial charge on any atom is -0.461 e. The third kappa shape index (κ3) is 1.59. The molecular weight excluding hydrogens is 180 g/mol. The number of carbonyl (C=O) groups excluding carboxylic acids is 1. The highest BCUT2D eigenvalue weighted by molar-refractivity contribution is 5.93. The van der Waals surface area contributed by atoms with Gasteiger partial charge in [0.1, 0.15) is 5.82 Å². The number of furan rings is 1. The standard InChI is InChI=1S/C10H10N2O2/c1-8-11-4-5-12(8)7-9(13)10-3-2-6-14-10/h2-6H,7H2,1H3. The van der Waals surface area contributed by atoms with Gasteiger partial charge in [0.05, 0.1) is 12.8 Å². The molecule has 0 aromatic carbocycles. The molecule has 0 bridgehead atoms. The molecule has 0 amide bonds. The van der Waals surface area contributed by atoms with E-state index in [1.807, 2.05) is 6.92 Å². The molecule has 72 valence electrons. The SMILES string of the molecule is Cc1nccn1CC(=O)c1ccco1. The van der Waals surface area contributed by atoms with Crippen molar-refractivity contribution in [2.45, 2.75) is 13.5 Å². The fourth-order valence-corrected chi connectivity index (χ4v) is 1.24. The fourth-order valence-electron chi connectivity index (χ4n) is 1.24. The minimum absolute atomic E-state index is 0.0453. The molecule has 0 N–H and O–H groups in total. The maximum atomic E-state index is 11.6. The van der Waals surface area contributed by atoms with E-state index in [1.165, 1.54) is 6.26 Å². The second kappa shape index (κ2) is 3.49. The van der Waals surface area contributed by atoms with Crippen LogP contribution in [0.15, 0.2) is 35.2 Å². The van der Waals surface area contributed by atoms with Gasteiger partial charge in [0, 0.05) is 12.4 Å². The molecule has 0 aliphatic carbocycles. The Hall–Kier alpha value is -1.84. The number of aryl methyl sites for hydroxylation is 1. The summed E-state index contributed by atoms with van der Waals surface area (Å²) < 4.78 is 6.78. The van der Waals surface area contributed by atoms with E-state index in [2.05, 4.69) is 4.98 Å². The lowest BCUT2D eigenvalue weighted by Crippen LogP contribution is -2.10. The van der Waals surface area contributed by atoms with E-state index in [-0.39, 0.29) is 12.3 Å². The molecule has 0 radical (unpaired) electrons. The van der Waals surface area contributed by atoms with Gasteiger partial charge >= 0.3 is 0 Å². The summed E-state index contributed by atoms with van der Waals surface area (Å²) in [5.74, 6) is 1.17. The molecule has 14 heavy (non-hydrogen) atoms. The largest absolute Gasteiger partial charge is 0.461 e. The Kier molecular flexibility index (Phi) is 2.18. The number of hydrogen-bond acceptors (Lipinski definition) is 3. The third-order valence-electron chi connectivity index (χ3n) is 2.03. The first-order valence-electron chi connectivity index (χ1n) is 4.32. The molecule has 2 aromatic rings. The van der Waals surface area contributed by atoms with Crippen LogP contribution in [0.25, 0.3) is 0 Å². The zero-order valence-corrected chi connectivity index (χ0v) is 7.80. The first-order valence-corrected chi connectivity index (χ1v) is 4.32. The predicted molar refractivity (Wildman–Crippen MR) is 50.0 cm³/mol. The van der Waals surface area contributed by atoms with Gasteiger partial charge in [0.15, 0.2) is 5.76 Å². The van der Waals surface area contributed by atoms with Crippen molar-refractivity contribution in [2.24, 2.45) is 0 Å². The van der Waals surface area contributed by atoms with E-state index in [1.54, 1.807) is 29.1 Å². The average Bonchev–Trinajstić information content (AvgIpc) is 2.77. The van der Waals surface area contributed by atoms with Crippen LogP contribution in [0.4, 0.5) is 0 Å². The number of imidazole rings is 1. The zero-order valence-electron chi connectivity index (χ0n) is 7.80. The van der Waals surface area contributed by atoms with Crippen molar-refractivity contribution in [1.29, 1.82) is 0 Å². The number of nitrogens with zero attached hydrogens (tertiary/aromatic N) is 2. The highest BCUT2D eigenvalue weighted by Gasteiger charge is 2.09. The molecule has 2 rings (SSSR count). The molecule has 2 heterocycles. The lowest BCUT2D eigenvalue weighted by molar-refractivity contribution is 0.0944. The van der Waals surface area contributed by atoms with Crippen LogP contribution in [0.5, 0.6) is 0 Å². The van der Waals surface area contributed by atoms with Gasteiger partial charge in [0.25, 0.3) is 0 Å². The van der Waals surface area contributed by atoms with Crippen LogP contribution >= 0.6 is 0 Å². The van der Waals surface area contributed by atoms with Crippen molar-refractivity contribution in [2.75, 3.05) is 0 Å². The average molecular weight is 190 g/mol. The molecule has 0 saturated carbocycles. The van der Waals surface area contributed by atoms with Crippen LogP contribution in [-0.2, 0) is 6.54 Å². The summed E-state index contributed by atoms with van der Waals surface area (Å²) in [6.45, 7) is 2.13. The van der Waals surface area contributed by atoms with Gasteiger partial charge in [-0.3, -0.25) is 4.79 Å². The Morgan fingerprint density at radius 2 is 2.50 bits per heavy atom. The number of rotatable bonds is 3. The number of hydrogen-bond donors (Lipinski definition) is 0. The molecule has 0 spiro atoms. The molecule has 0 aliphatic rings. The molecule has 0 unspecified atom stereocenters. The van der Waals surface area contributed by atoms with Gasteiger partial charge in [-0.2, -0.15) is 0 Å². The van der Waals surface area contributed by atoms with Gasteiger partial charge in [0.2, 0.25) is 5.78 Å². The van der Waals surface area contributed by atoms with E-state index in [9.17, 15) is 4.79 Å². The van der Waals surface area contributed by atoms with Gasteiger partial charge in [-0.05, 0) is 19.1 Å². The second-order valence-corrected chi connectivity index (χ2v) is 3.00. The maximum absolute atomic E-state index is 11.6. The molecule has 4 nitrogen and oxygen atoms in total. The maximum Gasteiger partial charge on any atom is 0.217 e. The first-order chi connectivity index (χ1) is 6.77. The Balaban J connectivity index is 2.13. The summed E-state index contributed by atoms with van der Waals surface area (Å²) in [7, 11) is 0. The van der Waals surface area contributed by atoms with Gasteiger partial charge in [-0.1, -0.05) is 0 Å². The molecule has 0 fully saturated rings. The fraction of sp³-hybridized carbons (Fsp3) is 0.200. The van der Waals surface area contributed by atoms with E-state index in [0.717, 1.165) is 5.82 Å². The number of carbonyl (C=O) groups is 1. The molecular formula is C10H10N2O2. The quantitative estimate of drug-likeness (QED) is 0.691. The molecule has 0 atom stereocenters. The van der Waals surface area contributed by atoms with Crippen LogP contribution < -0.4 is 0 Å². The lowest BCUT2D eigenvalue weighted by atomic mass is 10.3. The topological polar surface area (TPSA) is 48.0 Å². The van der Waals surface area contributed by atoms with Crippen molar-refractivity contribution in [3.05, 3.63) is 42.4 Å². The Morgan fingerprint density at radius 1 is 1.64 bits per heavy atom.